The Bertz CT molecular complexity index is 607. The maximum Gasteiger partial charge on any atom is 0.300 e. The predicted molar refractivity (Wildman–Crippen MR) is 92.3 cm³/mol. The SMILES string of the molecule is CC(=O)O.CNCCNC(=O)[C@H]1OCC(=O)N[C@@H]1c1ccccc1Cl. The Hall–Kier alpha value is -2.16. The molecule has 1 aromatic carbocycles. The number of morpholine rings is 1. The third-order valence-electron chi connectivity index (χ3n) is 3.19. The first-order valence-electron chi connectivity index (χ1n) is 7.64. The highest BCUT2D eigenvalue weighted by atomic mass is 35.5. The molecule has 0 radical (unpaired) electrons. The standard InChI is InChI=1S/C14H18ClN3O3.C2H4O2/c1-16-6-7-17-14(20)13-12(18-11(19)8-21-13)9-4-2-3-5-10(9)15;1-2(3)4/h2-5,12-13,16H,6-8H2,1H3,(H,17,20)(H,18,19);1H3,(H,3,4)/t12-,13+;/m1./s1. The number of carbonyl (C=O) groups is 3. The predicted octanol–water partition coefficient (Wildman–Crippen LogP) is 0.323. The van der Waals surface area contributed by atoms with Crippen LogP contribution in [0.15, 0.2) is 24.3 Å². The van der Waals surface area contributed by atoms with Crippen LogP contribution in [-0.2, 0) is 19.1 Å². The van der Waals surface area contributed by atoms with Gasteiger partial charge in [-0.1, -0.05) is 29.8 Å². The zero-order valence-corrected chi connectivity index (χ0v) is 14.8. The number of hydrogen-bond acceptors (Lipinski definition) is 5. The normalized spacial score (nSPS) is 19.2. The molecule has 0 aromatic heterocycles. The molecular formula is C16H22ClN3O5. The first-order valence-corrected chi connectivity index (χ1v) is 8.01. The molecule has 4 N–H and O–H groups in total. The number of hydrogen-bond donors (Lipinski definition) is 4. The molecular weight excluding hydrogens is 350 g/mol. The van der Waals surface area contributed by atoms with Crippen LogP contribution in [0.25, 0.3) is 0 Å². The molecule has 0 unspecified atom stereocenters. The van der Waals surface area contributed by atoms with Gasteiger partial charge in [0.05, 0.1) is 6.04 Å². The van der Waals surface area contributed by atoms with Crippen LogP contribution in [0.3, 0.4) is 0 Å². The van der Waals surface area contributed by atoms with Gasteiger partial charge < -0.3 is 25.8 Å². The summed E-state index contributed by atoms with van der Waals surface area (Å²) in [6.45, 7) is 2.09. The fourth-order valence-corrected chi connectivity index (χ4v) is 2.41. The molecule has 2 rings (SSSR count). The number of halogens is 1. The Labute approximate surface area is 150 Å². The van der Waals surface area contributed by atoms with E-state index in [0.29, 0.717) is 23.7 Å². The van der Waals surface area contributed by atoms with Crippen LogP contribution >= 0.6 is 11.6 Å². The van der Waals surface area contributed by atoms with Crippen molar-refractivity contribution in [1.82, 2.24) is 16.0 Å². The van der Waals surface area contributed by atoms with E-state index in [9.17, 15) is 9.59 Å². The lowest BCUT2D eigenvalue weighted by atomic mass is 9.99. The summed E-state index contributed by atoms with van der Waals surface area (Å²) in [7, 11) is 1.80. The first kappa shape index (κ1) is 20.9. The number of carbonyl (C=O) groups excluding carboxylic acids is 2. The summed E-state index contributed by atoms with van der Waals surface area (Å²) in [5, 5.41) is 16.4. The molecule has 0 spiro atoms. The van der Waals surface area contributed by atoms with E-state index in [4.69, 9.17) is 26.2 Å². The van der Waals surface area contributed by atoms with Gasteiger partial charge in [-0.15, -0.1) is 0 Å². The fraction of sp³-hybridized carbons (Fsp3) is 0.438. The number of carboxylic acid groups (broad SMARTS) is 1. The lowest BCUT2D eigenvalue weighted by Gasteiger charge is -2.32. The van der Waals surface area contributed by atoms with E-state index in [1.807, 2.05) is 0 Å². The third kappa shape index (κ3) is 7.08. The van der Waals surface area contributed by atoms with Gasteiger partial charge in [-0.25, -0.2) is 0 Å². The summed E-state index contributed by atoms with van der Waals surface area (Å²) in [5.41, 5.74) is 0.668. The van der Waals surface area contributed by atoms with Crippen LogP contribution in [0.2, 0.25) is 5.02 Å². The molecule has 25 heavy (non-hydrogen) atoms. The van der Waals surface area contributed by atoms with Gasteiger partial charge in [0.2, 0.25) is 5.91 Å². The molecule has 9 heteroatoms. The van der Waals surface area contributed by atoms with Crippen molar-refractivity contribution >= 4 is 29.4 Å². The summed E-state index contributed by atoms with van der Waals surface area (Å²) in [6, 6.07) is 6.50. The summed E-state index contributed by atoms with van der Waals surface area (Å²) < 4.78 is 5.40. The van der Waals surface area contributed by atoms with Crippen LogP contribution in [0.4, 0.5) is 0 Å². The van der Waals surface area contributed by atoms with Gasteiger partial charge in [-0.2, -0.15) is 0 Å². The van der Waals surface area contributed by atoms with Gasteiger partial charge in [0.25, 0.3) is 11.9 Å². The first-order chi connectivity index (χ1) is 11.9. The molecule has 1 fully saturated rings. The van der Waals surface area contributed by atoms with Gasteiger partial charge in [-0.3, -0.25) is 14.4 Å². The minimum absolute atomic E-state index is 0.134. The maximum atomic E-state index is 12.2. The lowest BCUT2D eigenvalue weighted by molar-refractivity contribution is -0.148. The van der Waals surface area contributed by atoms with E-state index in [1.165, 1.54) is 0 Å². The van der Waals surface area contributed by atoms with E-state index < -0.39 is 18.1 Å². The van der Waals surface area contributed by atoms with E-state index in [1.54, 1.807) is 31.3 Å². The Morgan fingerprint density at radius 3 is 2.60 bits per heavy atom. The van der Waals surface area contributed by atoms with Crippen molar-refractivity contribution in [2.24, 2.45) is 0 Å². The Morgan fingerprint density at radius 2 is 2.00 bits per heavy atom. The molecule has 1 aromatic rings. The second-order valence-corrected chi connectivity index (χ2v) is 5.62. The molecule has 2 amide bonds. The van der Waals surface area contributed by atoms with Crippen molar-refractivity contribution in [2.45, 2.75) is 19.1 Å². The monoisotopic (exact) mass is 371 g/mol. The van der Waals surface area contributed by atoms with E-state index >= 15 is 0 Å². The summed E-state index contributed by atoms with van der Waals surface area (Å²) in [6.07, 6.45) is -0.792. The van der Waals surface area contributed by atoms with E-state index in [2.05, 4.69) is 16.0 Å². The van der Waals surface area contributed by atoms with Crippen molar-refractivity contribution in [3.05, 3.63) is 34.9 Å². The zero-order chi connectivity index (χ0) is 18.8. The summed E-state index contributed by atoms with van der Waals surface area (Å²) >= 11 is 6.15. The number of aliphatic carboxylic acids is 1. The van der Waals surface area contributed by atoms with Crippen molar-refractivity contribution in [3.8, 4) is 0 Å². The molecule has 0 bridgehead atoms. The number of amides is 2. The average Bonchev–Trinajstić information content (AvgIpc) is 2.55. The average molecular weight is 372 g/mol. The maximum absolute atomic E-state index is 12.2. The smallest absolute Gasteiger partial charge is 0.300 e. The lowest BCUT2D eigenvalue weighted by Crippen LogP contribution is -2.53. The van der Waals surface area contributed by atoms with Gasteiger partial charge >= 0.3 is 0 Å². The number of benzene rings is 1. The highest BCUT2D eigenvalue weighted by molar-refractivity contribution is 6.31. The van der Waals surface area contributed by atoms with Crippen LogP contribution in [0, 0.1) is 0 Å². The highest BCUT2D eigenvalue weighted by Gasteiger charge is 2.36. The minimum Gasteiger partial charge on any atom is -0.481 e. The number of rotatable bonds is 5. The minimum atomic E-state index is -0.833. The van der Waals surface area contributed by atoms with Crippen LogP contribution in [-0.4, -0.2) is 55.7 Å². The Morgan fingerprint density at radius 1 is 1.36 bits per heavy atom. The molecule has 2 atom stereocenters. The summed E-state index contributed by atoms with van der Waals surface area (Å²) in [4.78, 5) is 32.8. The molecule has 1 aliphatic heterocycles. The zero-order valence-electron chi connectivity index (χ0n) is 14.0. The molecule has 0 saturated carbocycles. The highest BCUT2D eigenvalue weighted by Crippen LogP contribution is 2.28. The van der Waals surface area contributed by atoms with Crippen molar-refractivity contribution < 1.29 is 24.2 Å². The molecule has 1 saturated heterocycles. The van der Waals surface area contributed by atoms with Gasteiger partial charge in [-0.05, 0) is 18.7 Å². The van der Waals surface area contributed by atoms with Gasteiger partial charge in [0.15, 0.2) is 6.10 Å². The van der Waals surface area contributed by atoms with E-state index in [0.717, 1.165) is 6.92 Å². The van der Waals surface area contributed by atoms with Crippen molar-refractivity contribution in [2.75, 3.05) is 26.7 Å². The molecule has 1 heterocycles. The largest absolute Gasteiger partial charge is 0.481 e. The molecule has 138 valence electrons. The molecule has 0 aliphatic carbocycles. The Balaban J connectivity index is 0.000000705. The van der Waals surface area contributed by atoms with E-state index in [-0.39, 0.29) is 18.4 Å². The van der Waals surface area contributed by atoms with Gasteiger partial charge in [0, 0.05) is 25.0 Å². The third-order valence-corrected chi connectivity index (χ3v) is 3.53. The fourth-order valence-electron chi connectivity index (χ4n) is 2.16. The molecule has 1 aliphatic rings. The van der Waals surface area contributed by atoms with Crippen molar-refractivity contribution in [3.63, 3.8) is 0 Å². The van der Waals surface area contributed by atoms with Gasteiger partial charge in [0.1, 0.15) is 6.61 Å². The molecule has 8 nitrogen and oxygen atoms in total. The Kier molecular flexibility index (Phi) is 8.90. The number of ether oxygens (including phenoxy) is 1. The quantitative estimate of drug-likeness (QED) is 0.554. The van der Waals surface area contributed by atoms with Crippen LogP contribution < -0.4 is 16.0 Å². The van der Waals surface area contributed by atoms with Crippen LogP contribution in [0.5, 0.6) is 0 Å². The summed E-state index contributed by atoms with van der Waals surface area (Å²) in [5.74, 6) is -1.37. The second-order valence-electron chi connectivity index (χ2n) is 5.21. The number of likely N-dealkylation sites (N-methyl/N-ethyl adjacent to an activating group) is 1. The van der Waals surface area contributed by atoms with Crippen LogP contribution in [0.1, 0.15) is 18.5 Å². The van der Waals surface area contributed by atoms with Crippen molar-refractivity contribution in [1.29, 1.82) is 0 Å². The number of nitrogens with one attached hydrogen (secondary N) is 3. The number of carboxylic acids is 1. The second kappa shape index (κ2) is 10.7. The topological polar surface area (TPSA) is 117 Å².